The number of hydrogen-bond acceptors (Lipinski definition) is 3. The Bertz CT molecular complexity index is 404. The molecule has 0 saturated heterocycles. The van der Waals surface area contributed by atoms with E-state index in [0.717, 1.165) is 6.20 Å². The molecule has 0 unspecified atom stereocenters. The Balaban J connectivity index is 3.21. The van der Waals surface area contributed by atoms with Crippen LogP contribution >= 0.6 is 0 Å². The highest BCUT2D eigenvalue weighted by Gasteiger charge is 2.15. The Morgan fingerprint density at radius 2 is 1.92 bits per heavy atom. The summed E-state index contributed by atoms with van der Waals surface area (Å²) < 4.78 is 56.7. The first-order valence-electron chi connectivity index (χ1n) is 3.09. The molecule has 0 aliphatic carbocycles. The van der Waals surface area contributed by atoms with Crippen LogP contribution in [0.5, 0.6) is 0 Å². The molecule has 72 valence electrons. The van der Waals surface area contributed by atoms with Crippen LogP contribution in [-0.2, 0) is 10.2 Å². The summed E-state index contributed by atoms with van der Waals surface area (Å²) in [6, 6.07) is 0.549. The van der Waals surface area contributed by atoms with E-state index in [0.29, 0.717) is 12.3 Å². The van der Waals surface area contributed by atoms with E-state index in [1.807, 2.05) is 0 Å². The van der Waals surface area contributed by atoms with Crippen LogP contribution in [0.2, 0.25) is 0 Å². The molecule has 1 aromatic rings. The molecule has 0 amide bonds. The topological polar surface area (TPSA) is 47.0 Å². The summed E-state index contributed by atoms with van der Waals surface area (Å²) in [6.45, 7) is 0. The molecule has 13 heavy (non-hydrogen) atoms. The number of rotatable bonds is 2. The standard InChI is InChI=1S/C6H4F3NO2S/c7-6(8)4-1-5(3-10-2-4)13(9,11)12/h1-3,6H. The minimum absolute atomic E-state index is 0.549. The Labute approximate surface area is 72.4 Å². The van der Waals surface area contributed by atoms with Gasteiger partial charge in [0.2, 0.25) is 0 Å². The van der Waals surface area contributed by atoms with E-state index in [1.54, 1.807) is 0 Å². The molecule has 0 saturated carbocycles. The fraction of sp³-hybridized carbons (Fsp3) is 0.167. The molecule has 0 spiro atoms. The largest absolute Gasteiger partial charge is 0.333 e. The first kappa shape index (κ1) is 9.97. The lowest BCUT2D eigenvalue weighted by Gasteiger charge is -1.99. The number of halogens is 3. The summed E-state index contributed by atoms with van der Waals surface area (Å²) in [4.78, 5) is 2.32. The number of nitrogens with zero attached hydrogens (tertiary/aromatic N) is 1. The molecule has 1 heterocycles. The van der Waals surface area contributed by atoms with Crippen molar-refractivity contribution >= 4 is 10.2 Å². The Kier molecular flexibility index (Phi) is 2.55. The number of aromatic nitrogens is 1. The summed E-state index contributed by atoms with van der Waals surface area (Å²) in [5.74, 6) is 0. The lowest BCUT2D eigenvalue weighted by atomic mass is 10.3. The van der Waals surface area contributed by atoms with E-state index in [4.69, 9.17) is 0 Å². The van der Waals surface area contributed by atoms with Crippen LogP contribution in [0.4, 0.5) is 12.7 Å². The molecular weight excluding hydrogens is 207 g/mol. The van der Waals surface area contributed by atoms with Crippen LogP contribution in [0.25, 0.3) is 0 Å². The SMILES string of the molecule is O=S(=O)(F)c1cncc(C(F)F)c1. The highest BCUT2D eigenvalue weighted by Crippen LogP contribution is 2.20. The first-order chi connectivity index (χ1) is 5.91. The summed E-state index contributed by atoms with van der Waals surface area (Å²) in [5.41, 5.74) is -0.626. The second kappa shape index (κ2) is 3.33. The molecule has 0 aliphatic rings. The Morgan fingerprint density at radius 3 is 2.38 bits per heavy atom. The van der Waals surface area contributed by atoms with Gasteiger partial charge >= 0.3 is 10.2 Å². The van der Waals surface area contributed by atoms with Crippen molar-refractivity contribution in [3.8, 4) is 0 Å². The Morgan fingerprint density at radius 1 is 1.31 bits per heavy atom. The van der Waals surface area contributed by atoms with Crippen molar-refractivity contribution in [2.75, 3.05) is 0 Å². The summed E-state index contributed by atoms with van der Waals surface area (Å²) in [5, 5.41) is 0. The molecule has 1 aromatic heterocycles. The van der Waals surface area contributed by atoms with Gasteiger partial charge in [-0.15, -0.1) is 3.89 Å². The van der Waals surface area contributed by atoms with Gasteiger partial charge in [0.1, 0.15) is 4.90 Å². The molecule has 0 bridgehead atoms. The van der Waals surface area contributed by atoms with E-state index in [9.17, 15) is 21.1 Å². The second-order valence-corrected chi connectivity index (χ2v) is 3.54. The van der Waals surface area contributed by atoms with E-state index >= 15 is 0 Å². The molecular formula is C6H4F3NO2S. The molecule has 0 N–H and O–H groups in total. The van der Waals surface area contributed by atoms with Gasteiger partial charge in [-0.3, -0.25) is 4.98 Å². The maximum Gasteiger partial charge on any atom is 0.333 e. The van der Waals surface area contributed by atoms with Crippen molar-refractivity contribution < 1.29 is 21.1 Å². The monoisotopic (exact) mass is 211 g/mol. The van der Waals surface area contributed by atoms with E-state index < -0.39 is 27.1 Å². The highest BCUT2D eigenvalue weighted by atomic mass is 32.3. The van der Waals surface area contributed by atoms with Crippen LogP contribution < -0.4 is 0 Å². The average Bonchev–Trinajstić information content (AvgIpc) is 2.03. The first-order valence-corrected chi connectivity index (χ1v) is 4.47. The predicted octanol–water partition coefficient (Wildman–Crippen LogP) is 1.68. The van der Waals surface area contributed by atoms with Gasteiger partial charge < -0.3 is 0 Å². The summed E-state index contributed by atoms with van der Waals surface area (Å²) in [6.07, 6.45) is -1.42. The van der Waals surface area contributed by atoms with E-state index in [2.05, 4.69) is 4.98 Å². The van der Waals surface area contributed by atoms with Gasteiger partial charge in [-0.25, -0.2) is 8.78 Å². The molecule has 0 aliphatic heterocycles. The minimum Gasteiger partial charge on any atom is -0.263 e. The zero-order valence-corrected chi connectivity index (χ0v) is 6.93. The van der Waals surface area contributed by atoms with Crippen molar-refractivity contribution in [2.45, 2.75) is 11.3 Å². The fourth-order valence-corrected chi connectivity index (χ4v) is 1.15. The number of alkyl halides is 2. The number of hydrogen-bond donors (Lipinski definition) is 0. The van der Waals surface area contributed by atoms with Gasteiger partial charge in [0, 0.05) is 18.0 Å². The van der Waals surface area contributed by atoms with Crippen molar-refractivity contribution in [3.63, 3.8) is 0 Å². The average molecular weight is 211 g/mol. The quantitative estimate of drug-likeness (QED) is 0.699. The smallest absolute Gasteiger partial charge is 0.263 e. The number of pyridine rings is 1. The third kappa shape index (κ3) is 2.41. The lowest BCUT2D eigenvalue weighted by molar-refractivity contribution is 0.150. The van der Waals surface area contributed by atoms with Gasteiger partial charge in [0.15, 0.2) is 0 Å². The van der Waals surface area contributed by atoms with Crippen molar-refractivity contribution in [2.24, 2.45) is 0 Å². The highest BCUT2D eigenvalue weighted by molar-refractivity contribution is 7.86. The van der Waals surface area contributed by atoms with Crippen LogP contribution in [0.1, 0.15) is 12.0 Å². The van der Waals surface area contributed by atoms with Crippen molar-refractivity contribution in [1.29, 1.82) is 0 Å². The van der Waals surface area contributed by atoms with Crippen LogP contribution in [0.3, 0.4) is 0 Å². The normalized spacial score (nSPS) is 12.0. The van der Waals surface area contributed by atoms with Gasteiger partial charge in [0.05, 0.1) is 0 Å². The van der Waals surface area contributed by atoms with Gasteiger partial charge in [0.25, 0.3) is 6.43 Å². The predicted molar refractivity (Wildman–Crippen MR) is 37.5 cm³/mol. The molecule has 3 nitrogen and oxygen atoms in total. The van der Waals surface area contributed by atoms with Gasteiger partial charge in [-0.05, 0) is 6.07 Å². The van der Waals surface area contributed by atoms with Crippen LogP contribution in [0, 0.1) is 0 Å². The Hall–Kier alpha value is -1.11. The van der Waals surface area contributed by atoms with Gasteiger partial charge in [-0.2, -0.15) is 8.42 Å². The molecule has 1 rings (SSSR count). The van der Waals surface area contributed by atoms with E-state index in [-0.39, 0.29) is 0 Å². The lowest BCUT2D eigenvalue weighted by Crippen LogP contribution is -1.95. The second-order valence-electron chi connectivity index (χ2n) is 2.19. The third-order valence-electron chi connectivity index (χ3n) is 1.27. The van der Waals surface area contributed by atoms with Crippen LogP contribution in [-0.4, -0.2) is 13.4 Å². The molecule has 0 fully saturated rings. The minimum atomic E-state index is -4.95. The molecule has 7 heteroatoms. The molecule has 0 radical (unpaired) electrons. The maximum atomic E-state index is 12.3. The summed E-state index contributed by atoms with van der Waals surface area (Å²) >= 11 is 0. The molecule has 0 atom stereocenters. The van der Waals surface area contributed by atoms with Crippen molar-refractivity contribution in [1.82, 2.24) is 4.98 Å². The van der Waals surface area contributed by atoms with Crippen LogP contribution in [0.15, 0.2) is 23.4 Å². The fourth-order valence-electron chi connectivity index (χ4n) is 0.688. The van der Waals surface area contributed by atoms with E-state index in [1.165, 1.54) is 0 Å². The molecule has 0 aromatic carbocycles. The zero-order valence-electron chi connectivity index (χ0n) is 6.12. The maximum absolute atomic E-state index is 12.3. The summed E-state index contributed by atoms with van der Waals surface area (Å²) in [7, 11) is -4.95. The van der Waals surface area contributed by atoms with Crippen molar-refractivity contribution in [3.05, 3.63) is 24.0 Å². The zero-order chi connectivity index (χ0) is 10.1. The third-order valence-corrected chi connectivity index (χ3v) is 2.05. The van der Waals surface area contributed by atoms with Gasteiger partial charge in [-0.1, -0.05) is 0 Å².